The number of hydrogen-bond acceptors (Lipinski definition) is 3. The van der Waals surface area contributed by atoms with Gasteiger partial charge in [0, 0.05) is 23.7 Å². The Morgan fingerprint density at radius 3 is 2.94 bits per heavy atom. The molecule has 5 nitrogen and oxygen atoms in total. The minimum atomic E-state index is -0.949. The molecule has 84 valence electrons. The fourth-order valence-corrected chi connectivity index (χ4v) is 1.74. The van der Waals surface area contributed by atoms with Gasteiger partial charge >= 0.3 is 5.97 Å². The molecule has 2 aromatic heterocycles. The van der Waals surface area contributed by atoms with Crippen molar-refractivity contribution < 1.29 is 9.90 Å². The third-order valence-corrected chi connectivity index (χ3v) is 2.37. The summed E-state index contributed by atoms with van der Waals surface area (Å²) in [4.78, 5) is 20.0. The smallest absolute Gasteiger partial charge is 0.352 e. The third-order valence-electron chi connectivity index (χ3n) is 2.37. The molecule has 0 atom stereocenters. The van der Waals surface area contributed by atoms with Crippen molar-refractivity contribution in [3.05, 3.63) is 29.6 Å². The summed E-state index contributed by atoms with van der Waals surface area (Å²) in [5, 5.41) is 9.97. The van der Waals surface area contributed by atoms with E-state index in [1.807, 2.05) is 25.1 Å². The number of fused-ring (bicyclic) bond motifs is 1. The largest absolute Gasteiger partial charge is 0.477 e. The van der Waals surface area contributed by atoms with Gasteiger partial charge in [-0.25, -0.2) is 9.78 Å². The lowest BCUT2D eigenvalue weighted by atomic mass is 10.1. The zero-order valence-electron chi connectivity index (χ0n) is 9.19. The second-order valence-electron chi connectivity index (χ2n) is 3.92. The van der Waals surface area contributed by atoms with Gasteiger partial charge in [0.2, 0.25) is 0 Å². The molecule has 0 fully saturated rings. The fourth-order valence-electron chi connectivity index (χ4n) is 1.74. The van der Waals surface area contributed by atoms with Crippen molar-refractivity contribution in [2.24, 2.45) is 0 Å². The Hall–Kier alpha value is -1.88. The SMILES string of the molecule is CN(C)Cc1c(C(=O)O)[nH]c2ncccc12. The monoisotopic (exact) mass is 219 g/mol. The number of carboxylic acid groups (broad SMARTS) is 1. The maximum Gasteiger partial charge on any atom is 0.352 e. The summed E-state index contributed by atoms with van der Waals surface area (Å²) in [6.45, 7) is 0.577. The average Bonchev–Trinajstić information content (AvgIpc) is 2.57. The average molecular weight is 219 g/mol. The molecule has 2 N–H and O–H groups in total. The topological polar surface area (TPSA) is 69.2 Å². The van der Waals surface area contributed by atoms with Crippen LogP contribution in [0, 0.1) is 0 Å². The van der Waals surface area contributed by atoms with Crippen LogP contribution in [-0.2, 0) is 6.54 Å². The molecule has 0 aliphatic rings. The number of aromatic carboxylic acids is 1. The highest BCUT2D eigenvalue weighted by Gasteiger charge is 2.17. The van der Waals surface area contributed by atoms with Crippen LogP contribution in [0.1, 0.15) is 16.1 Å². The van der Waals surface area contributed by atoms with Gasteiger partial charge in [0.1, 0.15) is 11.3 Å². The van der Waals surface area contributed by atoms with Crippen molar-refractivity contribution >= 4 is 17.0 Å². The Balaban J connectivity index is 2.64. The third kappa shape index (κ3) is 1.77. The molecule has 0 saturated heterocycles. The second kappa shape index (κ2) is 3.94. The van der Waals surface area contributed by atoms with Crippen LogP contribution in [0.5, 0.6) is 0 Å². The number of carboxylic acids is 1. The Kier molecular flexibility index (Phi) is 2.62. The zero-order valence-corrected chi connectivity index (χ0v) is 9.19. The molecule has 0 radical (unpaired) electrons. The number of H-pyrrole nitrogens is 1. The van der Waals surface area contributed by atoms with E-state index >= 15 is 0 Å². The van der Waals surface area contributed by atoms with Crippen molar-refractivity contribution in [2.75, 3.05) is 14.1 Å². The highest BCUT2D eigenvalue weighted by atomic mass is 16.4. The quantitative estimate of drug-likeness (QED) is 0.817. The highest BCUT2D eigenvalue weighted by Crippen LogP contribution is 2.21. The number of nitrogens with one attached hydrogen (secondary N) is 1. The Bertz CT molecular complexity index is 531. The molecule has 16 heavy (non-hydrogen) atoms. The number of carbonyl (C=O) groups is 1. The predicted molar refractivity (Wildman–Crippen MR) is 60.4 cm³/mol. The van der Waals surface area contributed by atoms with Crippen LogP contribution in [0.2, 0.25) is 0 Å². The molecule has 2 heterocycles. The zero-order chi connectivity index (χ0) is 11.7. The maximum absolute atomic E-state index is 11.1. The first-order chi connectivity index (χ1) is 7.59. The number of aromatic nitrogens is 2. The minimum absolute atomic E-state index is 0.224. The van der Waals surface area contributed by atoms with Crippen LogP contribution in [0.3, 0.4) is 0 Å². The molecule has 0 amide bonds. The Labute approximate surface area is 92.7 Å². The summed E-state index contributed by atoms with van der Waals surface area (Å²) in [5.41, 5.74) is 1.62. The van der Waals surface area contributed by atoms with Crippen molar-refractivity contribution in [1.29, 1.82) is 0 Å². The predicted octanol–water partition coefficient (Wildman–Crippen LogP) is 1.32. The summed E-state index contributed by atoms with van der Waals surface area (Å²) in [6.07, 6.45) is 1.64. The van der Waals surface area contributed by atoms with Crippen LogP contribution < -0.4 is 0 Å². The fraction of sp³-hybridized carbons (Fsp3) is 0.273. The summed E-state index contributed by atoms with van der Waals surface area (Å²) >= 11 is 0. The normalized spacial score (nSPS) is 11.2. The first-order valence-electron chi connectivity index (χ1n) is 4.93. The van der Waals surface area contributed by atoms with E-state index in [0.717, 1.165) is 10.9 Å². The van der Waals surface area contributed by atoms with Gasteiger partial charge in [0.25, 0.3) is 0 Å². The van der Waals surface area contributed by atoms with Crippen LogP contribution in [0.15, 0.2) is 18.3 Å². The molecule has 2 rings (SSSR count). The first kappa shape index (κ1) is 10.6. The summed E-state index contributed by atoms with van der Waals surface area (Å²) in [6, 6.07) is 3.69. The van der Waals surface area contributed by atoms with E-state index in [9.17, 15) is 4.79 Å². The number of pyridine rings is 1. The van der Waals surface area contributed by atoms with Crippen LogP contribution >= 0.6 is 0 Å². The minimum Gasteiger partial charge on any atom is -0.477 e. The van der Waals surface area contributed by atoms with Crippen LogP contribution in [0.4, 0.5) is 0 Å². The Morgan fingerprint density at radius 2 is 2.31 bits per heavy atom. The number of hydrogen-bond donors (Lipinski definition) is 2. The van der Waals surface area contributed by atoms with Gasteiger partial charge < -0.3 is 15.0 Å². The van der Waals surface area contributed by atoms with E-state index in [4.69, 9.17) is 5.11 Å². The standard InChI is InChI=1S/C11H13N3O2/c1-14(2)6-8-7-4-3-5-12-10(7)13-9(8)11(15)16/h3-5H,6H2,1-2H3,(H,12,13)(H,15,16). The van der Waals surface area contributed by atoms with E-state index in [2.05, 4.69) is 9.97 Å². The molecule has 0 saturated carbocycles. The first-order valence-corrected chi connectivity index (χ1v) is 4.93. The van der Waals surface area contributed by atoms with E-state index < -0.39 is 5.97 Å². The summed E-state index contributed by atoms with van der Waals surface area (Å²) < 4.78 is 0. The summed E-state index contributed by atoms with van der Waals surface area (Å²) in [7, 11) is 3.81. The number of nitrogens with zero attached hydrogens (tertiary/aromatic N) is 2. The van der Waals surface area contributed by atoms with E-state index in [-0.39, 0.29) is 5.69 Å². The van der Waals surface area contributed by atoms with E-state index in [0.29, 0.717) is 12.2 Å². The molecule has 0 spiro atoms. The lowest BCUT2D eigenvalue weighted by Gasteiger charge is -2.09. The van der Waals surface area contributed by atoms with Crippen molar-refractivity contribution in [2.45, 2.75) is 6.54 Å². The van der Waals surface area contributed by atoms with Crippen LogP contribution in [0.25, 0.3) is 11.0 Å². The van der Waals surface area contributed by atoms with Gasteiger partial charge in [-0.15, -0.1) is 0 Å². The van der Waals surface area contributed by atoms with E-state index in [1.165, 1.54) is 0 Å². The maximum atomic E-state index is 11.1. The van der Waals surface area contributed by atoms with Crippen LogP contribution in [-0.4, -0.2) is 40.0 Å². The van der Waals surface area contributed by atoms with Crippen molar-refractivity contribution in [3.63, 3.8) is 0 Å². The molecular weight excluding hydrogens is 206 g/mol. The lowest BCUT2D eigenvalue weighted by Crippen LogP contribution is -2.13. The molecule has 0 unspecified atom stereocenters. The van der Waals surface area contributed by atoms with Gasteiger partial charge in [-0.05, 0) is 26.2 Å². The summed E-state index contributed by atoms with van der Waals surface area (Å²) in [5.74, 6) is -0.949. The van der Waals surface area contributed by atoms with Gasteiger partial charge in [-0.2, -0.15) is 0 Å². The van der Waals surface area contributed by atoms with Crippen molar-refractivity contribution in [1.82, 2.24) is 14.9 Å². The van der Waals surface area contributed by atoms with Gasteiger partial charge in [-0.1, -0.05) is 0 Å². The van der Waals surface area contributed by atoms with Gasteiger partial charge in [0.15, 0.2) is 0 Å². The second-order valence-corrected chi connectivity index (χ2v) is 3.92. The Morgan fingerprint density at radius 1 is 1.56 bits per heavy atom. The molecule has 0 aromatic carbocycles. The number of aromatic amines is 1. The van der Waals surface area contributed by atoms with Gasteiger partial charge in [0.05, 0.1) is 0 Å². The molecular formula is C11H13N3O2. The number of rotatable bonds is 3. The molecule has 0 aliphatic carbocycles. The molecule has 0 bridgehead atoms. The van der Waals surface area contributed by atoms with Crippen molar-refractivity contribution in [3.8, 4) is 0 Å². The molecule has 2 aromatic rings. The van der Waals surface area contributed by atoms with Gasteiger partial charge in [-0.3, -0.25) is 0 Å². The van der Waals surface area contributed by atoms with E-state index in [1.54, 1.807) is 12.3 Å². The lowest BCUT2D eigenvalue weighted by molar-refractivity contribution is 0.0689. The molecule has 5 heteroatoms. The molecule has 0 aliphatic heterocycles. The highest BCUT2D eigenvalue weighted by molar-refractivity contribution is 5.96.